The molecule has 1 aromatic heterocycles. The topological polar surface area (TPSA) is 64.2 Å². The van der Waals surface area contributed by atoms with E-state index in [1.165, 1.54) is 5.56 Å². The molecule has 21 heavy (non-hydrogen) atoms. The Morgan fingerprint density at radius 1 is 1.38 bits per heavy atom. The van der Waals surface area contributed by atoms with E-state index in [0.29, 0.717) is 13.0 Å². The van der Waals surface area contributed by atoms with Crippen LogP contribution in [0.4, 0.5) is 0 Å². The number of benzene rings is 1. The Bertz CT molecular complexity index is 577. The van der Waals surface area contributed by atoms with Gasteiger partial charge in [0.1, 0.15) is 5.82 Å². The van der Waals surface area contributed by atoms with Crippen LogP contribution in [-0.2, 0) is 17.9 Å². The molecular weight excluding hydrogens is 264 g/mol. The van der Waals surface area contributed by atoms with Gasteiger partial charge in [-0.3, -0.25) is 4.79 Å². The van der Waals surface area contributed by atoms with E-state index in [1.54, 1.807) is 18.1 Å². The standard InChI is InChI=1S/C16H22N4O/c1-13(17)10-16(21)19(2)12-15-18-8-9-20(15)11-14-6-4-3-5-7-14/h3-9,13H,10-12,17H2,1-2H3. The molecule has 5 nitrogen and oxygen atoms in total. The van der Waals surface area contributed by atoms with Crippen LogP contribution in [0.3, 0.4) is 0 Å². The Morgan fingerprint density at radius 2 is 2.10 bits per heavy atom. The van der Waals surface area contributed by atoms with Gasteiger partial charge in [0.15, 0.2) is 0 Å². The van der Waals surface area contributed by atoms with Gasteiger partial charge in [0.05, 0.1) is 6.54 Å². The summed E-state index contributed by atoms with van der Waals surface area (Å²) >= 11 is 0. The Labute approximate surface area is 125 Å². The minimum absolute atomic E-state index is 0.0410. The molecule has 0 aliphatic rings. The third-order valence-electron chi connectivity index (χ3n) is 3.30. The predicted molar refractivity (Wildman–Crippen MR) is 82.5 cm³/mol. The molecule has 0 aliphatic heterocycles. The number of aromatic nitrogens is 2. The van der Waals surface area contributed by atoms with Crippen LogP contribution in [0.5, 0.6) is 0 Å². The fourth-order valence-corrected chi connectivity index (χ4v) is 2.15. The van der Waals surface area contributed by atoms with Crippen molar-refractivity contribution in [1.29, 1.82) is 0 Å². The Kier molecular flexibility index (Phi) is 5.11. The van der Waals surface area contributed by atoms with Gasteiger partial charge in [-0.2, -0.15) is 0 Å². The summed E-state index contributed by atoms with van der Waals surface area (Å²) in [5.74, 6) is 0.915. The zero-order valence-corrected chi connectivity index (χ0v) is 12.6. The van der Waals surface area contributed by atoms with Crippen LogP contribution in [-0.4, -0.2) is 33.4 Å². The maximum absolute atomic E-state index is 12.0. The van der Waals surface area contributed by atoms with Gasteiger partial charge in [-0.15, -0.1) is 0 Å². The first-order valence-electron chi connectivity index (χ1n) is 7.09. The first-order chi connectivity index (χ1) is 10.1. The fourth-order valence-electron chi connectivity index (χ4n) is 2.15. The number of hydrogen-bond donors (Lipinski definition) is 1. The van der Waals surface area contributed by atoms with E-state index >= 15 is 0 Å². The second-order valence-electron chi connectivity index (χ2n) is 5.39. The average Bonchev–Trinajstić information content (AvgIpc) is 2.86. The summed E-state index contributed by atoms with van der Waals surface area (Å²) in [6.45, 7) is 3.08. The lowest BCUT2D eigenvalue weighted by Gasteiger charge is -2.18. The summed E-state index contributed by atoms with van der Waals surface area (Å²) in [5, 5.41) is 0. The summed E-state index contributed by atoms with van der Waals surface area (Å²) in [4.78, 5) is 18.0. The van der Waals surface area contributed by atoms with Gasteiger partial charge in [-0.1, -0.05) is 30.3 Å². The van der Waals surface area contributed by atoms with Crippen LogP contribution >= 0.6 is 0 Å². The van der Waals surface area contributed by atoms with Gasteiger partial charge in [-0.05, 0) is 12.5 Å². The molecule has 1 aromatic carbocycles. The number of imidazole rings is 1. The number of carbonyl (C=O) groups excluding carboxylic acids is 1. The van der Waals surface area contributed by atoms with Crippen molar-refractivity contribution < 1.29 is 4.79 Å². The number of nitrogens with zero attached hydrogens (tertiary/aromatic N) is 3. The second-order valence-corrected chi connectivity index (χ2v) is 5.39. The molecule has 1 amide bonds. The van der Waals surface area contributed by atoms with E-state index in [1.807, 2.05) is 31.3 Å². The van der Waals surface area contributed by atoms with Crippen molar-refractivity contribution in [1.82, 2.24) is 14.5 Å². The normalized spacial score (nSPS) is 12.1. The molecule has 5 heteroatoms. The number of rotatable bonds is 6. The summed E-state index contributed by atoms with van der Waals surface area (Å²) < 4.78 is 2.06. The molecule has 2 aromatic rings. The van der Waals surface area contributed by atoms with E-state index < -0.39 is 0 Å². The first kappa shape index (κ1) is 15.3. The lowest BCUT2D eigenvalue weighted by Crippen LogP contribution is -2.32. The fraction of sp³-hybridized carbons (Fsp3) is 0.375. The van der Waals surface area contributed by atoms with E-state index in [0.717, 1.165) is 12.4 Å². The molecule has 2 N–H and O–H groups in total. The Balaban J connectivity index is 2.02. The summed E-state index contributed by atoms with van der Waals surface area (Å²) in [5.41, 5.74) is 6.88. The van der Waals surface area contributed by atoms with Crippen LogP contribution < -0.4 is 5.73 Å². The third-order valence-corrected chi connectivity index (χ3v) is 3.30. The van der Waals surface area contributed by atoms with Crippen LogP contribution in [0.1, 0.15) is 24.7 Å². The van der Waals surface area contributed by atoms with Crippen LogP contribution in [0.2, 0.25) is 0 Å². The van der Waals surface area contributed by atoms with Gasteiger partial charge in [0, 0.05) is 38.4 Å². The highest BCUT2D eigenvalue weighted by Gasteiger charge is 2.14. The lowest BCUT2D eigenvalue weighted by atomic mass is 10.2. The average molecular weight is 286 g/mol. The maximum atomic E-state index is 12.0. The van der Waals surface area contributed by atoms with Crippen molar-refractivity contribution in [2.24, 2.45) is 5.73 Å². The Hall–Kier alpha value is -2.14. The van der Waals surface area contributed by atoms with Crippen LogP contribution in [0.15, 0.2) is 42.7 Å². The molecule has 0 radical (unpaired) electrons. The predicted octanol–water partition coefficient (Wildman–Crippen LogP) is 1.63. The minimum atomic E-state index is -0.121. The molecule has 0 spiro atoms. The molecule has 0 bridgehead atoms. The van der Waals surface area contributed by atoms with E-state index in [9.17, 15) is 4.79 Å². The van der Waals surface area contributed by atoms with Crippen molar-refractivity contribution in [3.05, 3.63) is 54.1 Å². The summed E-state index contributed by atoms with van der Waals surface area (Å²) in [6.07, 6.45) is 4.06. The molecule has 0 saturated heterocycles. The van der Waals surface area contributed by atoms with E-state index in [-0.39, 0.29) is 11.9 Å². The molecule has 2 rings (SSSR count). The number of carbonyl (C=O) groups is 1. The highest BCUT2D eigenvalue weighted by molar-refractivity contribution is 5.76. The zero-order valence-electron chi connectivity index (χ0n) is 12.6. The summed E-state index contributed by atoms with van der Waals surface area (Å²) in [7, 11) is 1.78. The number of nitrogens with two attached hydrogens (primary N) is 1. The third kappa shape index (κ3) is 4.43. The van der Waals surface area contributed by atoms with Crippen molar-refractivity contribution in [2.45, 2.75) is 32.5 Å². The minimum Gasteiger partial charge on any atom is -0.338 e. The molecule has 0 saturated carbocycles. The molecule has 1 unspecified atom stereocenters. The summed E-state index contributed by atoms with van der Waals surface area (Å²) in [6, 6.07) is 10.1. The number of hydrogen-bond acceptors (Lipinski definition) is 3. The highest BCUT2D eigenvalue weighted by atomic mass is 16.2. The van der Waals surface area contributed by atoms with Crippen molar-refractivity contribution in [2.75, 3.05) is 7.05 Å². The van der Waals surface area contributed by atoms with E-state index in [2.05, 4.69) is 21.7 Å². The van der Waals surface area contributed by atoms with E-state index in [4.69, 9.17) is 5.73 Å². The van der Waals surface area contributed by atoms with Gasteiger partial charge in [0.25, 0.3) is 0 Å². The van der Waals surface area contributed by atoms with Crippen LogP contribution in [0.25, 0.3) is 0 Å². The molecule has 0 aliphatic carbocycles. The highest BCUT2D eigenvalue weighted by Crippen LogP contribution is 2.08. The second kappa shape index (κ2) is 7.04. The van der Waals surface area contributed by atoms with Gasteiger partial charge >= 0.3 is 0 Å². The molecule has 1 heterocycles. The SMILES string of the molecule is CC(N)CC(=O)N(C)Cc1nccn1Cc1ccccc1. The molecule has 1 atom stereocenters. The largest absolute Gasteiger partial charge is 0.338 e. The maximum Gasteiger partial charge on any atom is 0.224 e. The zero-order chi connectivity index (χ0) is 15.2. The Morgan fingerprint density at radius 3 is 2.76 bits per heavy atom. The van der Waals surface area contributed by atoms with Crippen molar-refractivity contribution >= 4 is 5.91 Å². The van der Waals surface area contributed by atoms with Crippen LogP contribution in [0, 0.1) is 0 Å². The quantitative estimate of drug-likeness (QED) is 0.877. The van der Waals surface area contributed by atoms with Crippen molar-refractivity contribution in [3.63, 3.8) is 0 Å². The smallest absolute Gasteiger partial charge is 0.224 e. The van der Waals surface area contributed by atoms with Crippen molar-refractivity contribution in [3.8, 4) is 0 Å². The molecular formula is C16H22N4O. The van der Waals surface area contributed by atoms with Gasteiger partial charge in [0.2, 0.25) is 5.91 Å². The van der Waals surface area contributed by atoms with Gasteiger partial charge < -0.3 is 15.2 Å². The lowest BCUT2D eigenvalue weighted by molar-refractivity contribution is -0.130. The molecule has 112 valence electrons. The monoisotopic (exact) mass is 286 g/mol. The first-order valence-corrected chi connectivity index (χ1v) is 7.09. The number of amides is 1. The van der Waals surface area contributed by atoms with Gasteiger partial charge in [-0.25, -0.2) is 4.98 Å². The molecule has 0 fully saturated rings.